The van der Waals surface area contributed by atoms with Gasteiger partial charge in [-0.3, -0.25) is 4.99 Å². The SMILES string of the molecule is COc1ccc(C/N=C(\C)c2ncc(C(O)Nc3cc(C(F)(F)F)c(Cl)cn3)s2)c(OC)c1. The number of nitrogens with one attached hydrogen (secondary N) is 1. The molecule has 0 radical (unpaired) electrons. The number of aliphatic hydroxyl groups is 1. The fraction of sp³-hybridized carbons (Fsp3) is 0.286. The summed E-state index contributed by atoms with van der Waals surface area (Å²) in [6.07, 6.45) is -3.66. The molecule has 0 spiro atoms. The minimum Gasteiger partial charge on any atom is -0.497 e. The van der Waals surface area contributed by atoms with Crippen LogP contribution in [0.25, 0.3) is 0 Å². The standard InChI is InChI=1S/C21H20ClF3N4O3S/c1-11(26-8-12-4-5-13(31-2)6-16(12)32-3)20-28-10-17(33-20)19(30)29-18-7-14(21(23,24)25)15(22)9-27-18/h4-7,9-10,19,30H,8H2,1-3H3,(H,27,29)/b26-11+. The number of pyridine rings is 1. The van der Waals surface area contributed by atoms with Crippen molar-refractivity contribution >= 4 is 34.5 Å². The molecule has 1 aromatic carbocycles. The van der Waals surface area contributed by atoms with Crippen LogP contribution in [0.3, 0.4) is 0 Å². The van der Waals surface area contributed by atoms with Gasteiger partial charge in [-0.1, -0.05) is 11.6 Å². The molecule has 2 heterocycles. The Kier molecular flexibility index (Phi) is 7.77. The van der Waals surface area contributed by atoms with Crippen LogP contribution in [0.15, 0.2) is 41.7 Å². The molecule has 0 saturated carbocycles. The van der Waals surface area contributed by atoms with E-state index in [1.807, 2.05) is 6.07 Å². The fourth-order valence-corrected chi connectivity index (χ4v) is 3.81. The molecule has 0 aliphatic rings. The van der Waals surface area contributed by atoms with Crippen LogP contribution in [0, 0.1) is 0 Å². The van der Waals surface area contributed by atoms with E-state index in [4.69, 9.17) is 21.1 Å². The van der Waals surface area contributed by atoms with Gasteiger partial charge in [0.1, 0.15) is 22.3 Å². The molecule has 33 heavy (non-hydrogen) atoms. The van der Waals surface area contributed by atoms with Gasteiger partial charge in [-0.05, 0) is 25.1 Å². The Morgan fingerprint density at radius 1 is 1.21 bits per heavy atom. The number of thiazole rings is 1. The van der Waals surface area contributed by atoms with Gasteiger partial charge in [-0.15, -0.1) is 11.3 Å². The number of ether oxygens (including phenoxy) is 2. The first-order valence-electron chi connectivity index (χ1n) is 9.47. The largest absolute Gasteiger partial charge is 0.497 e. The number of aliphatic hydroxyl groups excluding tert-OH is 1. The molecule has 12 heteroatoms. The second kappa shape index (κ2) is 10.4. The first-order chi connectivity index (χ1) is 15.6. The van der Waals surface area contributed by atoms with Gasteiger partial charge in [0.2, 0.25) is 0 Å². The van der Waals surface area contributed by atoms with E-state index in [1.54, 1.807) is 33.3 Å². The molecule has 0 aliphatic carbocycles. The van der Waals surface area contributed by atoms with Gasteiger partial charge in [0.25, 0.3) is 0 Å². The number of anilines is 1. The van der Waals surface area contributed by atoms with Crippen molar-refractivity contribution in [2.45, 2.75) is 25.9 Å². The molecule has 2 aromatic heterocycles. The molecular formula is C21H20ClF3N4O3S. The molecule has 0 fully saturated rings. The first kappa shape index (κ1) is 24.7. The maximum atomic E-state index is 13.0. The third kappa shape index (κ3) is 6.12. The molecule has 1 unspecified atom stereocenters. The molecule has 0 bridgehead atoms. The number of hydrogen-bond donors (Lipinski definition) is 2. The highest BCUT2D eigenvalue weighted by atomic mass is 35.5. The van der Waals surface area contributed by atoms with Crippen molar-refractivity contribution in [3.05, 3.63) is 62.7 Å². The number of benzene rings is 1. The normalized spacial score (nSPS) is 13.0. The summed E-state index contributed by atoms with van der Waals surface area (Å²) >= 11 is 6.72. The van der Waals surface area contributed by atoms with Crippen LogP contribution >= 0.6 is 22.9 Å². The van der Waals surface area contributed by atoms with Crippen LogP contribution < -0.4 is 14.8 Å². The molecule has 0 amide bonds. The quantitative estimate of drug-likeness (QED) is 0.320. The lowest BCUT2D eigenvalue weighted by molar-refractivity contribution is -0.137. The van der Waals surface area contributed by atoms with Crippen molar-refractivity contribution in [3.63, 3.8) is 0 Å². The van der Waals surface area contributed by atoms with E-state index in [-0.39, 0.29) is 5.82 Å². The number of aromatic nitrogens is 2. The summed E-state index contributed by atoms with van der Waals surface area (Å²) in [5.74, 6) is 1.13. The average Bonchev–Trinajstić information content (AvgIpc) is 3.28. The molecular weight excluding hydrogens is 481 g/mol. The fourth-order valence-electron chi connectivity index (χ4n) is 2.78. The lowest BCUT2D eigenvalue weighted by Gasteiger charge is -2.14. The summed E-state index contributed by atoms with van der Waals surface area (Å²) in [5.41, 5.74) is 0.432. The predicted octanol–water partition coefficient (Wildman–Crippen LogP) is 5.34. The van der Waals surface area contributed by atoms with E-state index in [2.05, 4.69) is 20.3 Å². The maximum Gasteiger partial charge on any atom is 0.418 e. The zero-order valence-corrected chi connectivity index (χ0v) is 19.3. The van der Waals surface area contributed by atoms with Crippen LogP contribution in [0.1, 0.15) is 34.2 Å². The lowest BCUT2D eigenvalue weighted by Crippen LogP contribution is -2.12. The van der Waals surface area contributed by atoms with Gasteiger partial charge < -0.3 is 19.9 Å². The Morgan fingerprint density at radius 2 is 1.97 bits per heavy atom. The molecule has 1 atom stereocenters. The van der Waals surface area contributed by atoms with Crippen molar-refractivity contribution in [3.8, 4) is 11.5 Å². The van der Waals surface area contributed by atoms with Crippen LogP contribution in [0.5, 0.6) is 11.5 Å². The van der Waals surface area contributed by atoms with Gasteiger partial charge in [-0.2, -0.15) is 13.2 Å². The molecule has 7 nitrogen and oxygen atoms in total. The zero-order chi connectivity index (χ0) is 24.2. The number of nitrogens with zero attached hydrogens (tertiary/aromatic N) is 3. The van der Waals surface area contributed by atoms with Crippen LogP contribution in [-0.2, 0) is 12.7 Å². The van der Waals surface area contributed by atoms with Gasteiger partial charge in [0, 0.05) is 24.0 Å². The van der Waals surface area contributed by atoms with E-state index in [0.717, 1.165) is 29.2 Å². The monoisotopic (exact) mass is 500 g/mol. The molecule has 0 saturated heterocycles. The Bertz CT molecular complexity index is 1150. The van der Waals surface area contributed by atoms with Gasteiger partial charge in [0.05, 0.1) is 41.9 Å². The minimum absolute atomic E-state index is 0.175. The third-order valence-corrected chi connectivity index (χ3v) is 5.99. The molecule has 176 valence electrons. The number of hydrogen-bond acceptors (Lipinski definition) is 8. The minimum atomic E-state index is -4.64. The van der Waals surface area contributed by atoms with E-state index in [1.165, 1.54) is 6.20 Å². The topological polar surface area (TPSA) is 88.9 Å². The van der Waals surface area contributed by atoms with Crippen LogP contribution in [0.2, 0.25) is 5.02 Å². The highest BCUT2D eigenvalue weighted by molar-refractivity contribution is 7.13. The zero-order valence-electron chi connectivity index (χ0n) is 17.8. The van der Waals surface area contributed by atoms with Crippen molar-refractivity contribution in [2.75, 3.05) is 19.5 Å². The van der Waals surface area contributed by atoms with Crippen LogP contribution in [-0.4, -0.2) is 35.0 Å². The number of methoxy groups -OCH3 is 2. The summed E-state index contributed by atoms with van der Waals surface area (Å²) in [7, 11) is 3.13. The summed E-state index contributed by atoms with van der Waals surface area (Å²) in [5, 5.41) is 12.9. The highest BCUT2D eigenvalue weighted by Crippen LogP contribution is 2.36. The van der Waals surface area contributed by atoms with Gasteiger partial charge in [-0.25, -0.2) is 9.97 Å². The molecule has 3 rings (SSSR count). The second-order valence-corrected chi connectivity index (χ2v) is 8.21. The predicted molar refractivity (Wildman–Crippen MR) is 120 cm³/mol. The van der Waals surface area contributed by atoms with Crippen molar-refractivity contribution in [1.82, 2.24) is 9.97 Å². The van der Waals surface area contributed by atoms with Crippen LogP contribution in [0.4, 0.5) is 19.0 Å². The van der Waals surface area contributed by atoms with Crippen molar-refractivity contribution in [2.24, 2.45) is 4.99 Å². The number of alkyl halides is 3. The second-order valence-electron chi connectivity index (χ2n) is 6.74. The van der Waals surface area contributed by atoms with E-state index in [9.17, 15) is 18.3 Å². The Labute approximate surface area is 196 Å². The highest BCUT2D eigenvalue weighted by Gasteiger charge is 2.34. The van der Waals surface area contributed by atoms with E-state index >= 15 is 0 Å². The summed E-state index contributed by atoms with van der Waals surface area (Å²) in [6, 6.07) is 6.16. The summed E-state index contributed by atoms with van der Waals surface area (Å²) in [6.45, 7) is 2.11. The first-order valence-corrected chi connectivity index (χ1v) is 10.7. The van der Waals surface area contributed by atoms with Gasteiger partial charge >= 0.3 is 6.18 Å². The third-order valence-electron chi connectivity index (χ3n) is 4.53. The molecule has 0 aliphatic heterocycles. The Morgan fingerprint density at radius 3 is 2.64 bits per heavy atom. The van der Waals surface area contributed by atoms with Crippen molar-refractivity contribution in [1.29, 1.82) is 0 Å². The Balaban J connectivity index is 1.71. The van der Waals surface area contributed by atoms with Crippen molar-refractivity contribution < 1.29 is 27.8 Å². The summed E-state index contributed by atoms with van der Waals surface area (Å²) in [4.78, 5) is 12.9. The molecule has 2 N–H and O–H groups in total. The summed E-state index contributed by atoms with van der Waals surface area (Å²) < 4.78 is 49.6. The average molecular weight is 501 g/mol. The number of halogens is 4. The smallest absolute Gasteiger partial charge is 0.418 e. The van der Waals surface area contributed by atoms with Gasteiger partial charge in [0.15, 0.2) is 6.23 Å². The van der Waals surface area contributed by atoms with E-state index in [0.29, 0.717) is 33.6 Å². The maximum absolute atomic E-state index is 13.0. The lowest BCUT2D eigenvalue weighted by atomic mass is 10.2. The Hall–Kier alpha value is -2.89. The number of rotatable bonds is 8. The van der Waals surface area contributed by atoms with E-state index < -0.39 is 23.0 Å². The molecule has 3 aromatic rings. The number of aliphatic imine (C=N–C) groups is 1.